The molecule has 3 nitrogen and oxygen atoms in total. The highest BCUT2D eigenvalue weighted by Crippen LogP contribution is 2.35. The van der Waals surface area contributed by atoms with Crippen molar-refractivity contribution in [2.45, 2.75) is 0 Å². The Morgan fingerprint density at radius 2 is 1.63 bits per heavy atom. The van der Waals surface area contributed by atoms with Gasteiger partial charge in [0.05, 0.1) is 5.56 Å². The Labute approximate surface area is 194 Å². The Balaban J connectivity index is 1.95. The summed E-state index contributed by atoms with van der Waals surface area (Å²) in [6.07, 6.45) is 3.10. The van der Waals surface area contributed by atoms with Crippen molar-refractivity contribution in [3.8, 4) is 11.1 Å². The Morgan fingerprint density at radius 3 is 2.37 bits per heavy atom. The lowest BCUT2D eigenvalue weighted by Crippen LogP contribution is -2.18. The SMILES string of the molecule is O=C(C=Cc1ccc(Br)cc1)c1c(-c2ccccc2Cl)c2cc(Br)ccc2[nH]c1=O. The van der Waals surface area contributed by atoms with Crippen LogP contribution >= 0.6 is 43.5 Å². The number of aromatic amines is 1. The molecule has 0 fully saturated rings. The summed E-state index contributed by atoms with van der Waals surface area (Å²) in [5.41, 5.74) is 2.24. The summed E-state index contributed by atoms with van der Waals surface area (Å²) in [6, 6.07) is 20.2. The lowest BCUT2D eigenvalue weighted by molar-refractivity contribution is 0.104. The third-order valence-electron chi connectivity index (χ3n) is 4.66. The quantitative estimate of drug-likeness (QED) is 0.217. The molecule has 30 heavy (non-hydrogen) atoms. The first kappa shape index (κ1) is 20.8. The molecule has 0 saturated heterocycles. The van der Waals surface area contributed by atoms with Gasteiger partial charge in [-0.2, -0.15) is 0 Å². The average molecular weight is 544 g/mol. The number of carbonyl (C=O) groups is 1. The topological polar surface area (TPSA) is 49.9 Å². The number of fused-ring (bicyclic) bond motifs is 1. The van der Waals surface area contributed by atoms with Gasteiger partial charge in [-0.05, 0) is 48.0 Å². The number of nitrogens with one attached hydrogen (secondary N) is 1. The summed E-state index contributed by atoms with van der Waals surface area (Å²) in [4.78, 5) is 28.9. The minimum atomic E-state index is -0.454. The summed E-state index contributed by atoms with van der Waals surface area (Å²) in [7, 11) is 0. The molecule has 1 N–H and O–H groups in total. The second-order valence-electron chi connectivity index (χ2n) is 6.62. The molecule has 6 heteroatoms. The van der Waals surface area contributed by atoms with Crippen LogP contribution < -0.4 is 5.56 Å². The van der Waals surface area contributed by atoms with E-state index in [9.17, 15) is 9.59 Å². The van der Waals surface area contributed by atoms with Gasteiger partial charge in [0, 0.05) is 36.0 Å². The van der Waals surface area contributed by atoms with Crippen molar-refractivity contribution in [1.29, 1.82) is 0 Å². The van der Waals surface area contributed by atoms with E-state index in [0.29, 0.717) is 21.7 Å². The zero-order chi connectivity index (χ0) is 21.3. The Hall–Kier alpha value is -2.47. The Kier molecular flexibility index (Phi) is 6.04. The summed E-state index contributed by atoms with van der Waals surface area (Å²) < 4.78 is 1.78. The largest absolute Gasteiger partial charge is 0.321 e. The van der Waals surface area contributed by atoms with Gasteiger partial charge in [-0.25, -0.2) is 0 Å². The van der Waals surface area contributed by atoms with Gasteiger partial charge in [-0.3, -0.25) is 9.59 Å². The molecule has 4 rings (SSSR count). The number of halogens is 3. The minimum absolute atomic E-state index is 0.0575. The molecule has 1 heterocycles. The number of allylic oxidation sites excluding steroid dienone is 1. The second kappa shape index (κ2) is 8.72. The maximum absolute atomic E-state index is 13.2. The molecule has 0 aliphatic rings. The van der Waals surface area contributed by atoms with Gasteiger partial charge in [-0.1, -0.05) is 79.9 Å². The van der Waals surface area contributed by atoms with Crippen molar-refractivity contribution in [3.05, 3.63) is 108 Å². The fourth-order valence-electron chi connectivity index (χ4n) is 3.27. The highest BCUT2D eigenvalue weighted by atomic mass is 79.9. The van der Waals surface area contributed by atoms with Crippen LogP contribution in [0.5, 0.6) is 0 Å². The van der Waals surface area contributed by atoms with Crippen molar-refractivity contribution >= 4 is 66.2 Å². The Morgan fingerprint density at radius 1 is 0.933 bits per heavy atom. The molecule has 0 spiro atoms. The number of carbonyl (C=O) groups excluding carboxylic acids is 1. The van der Waals surface area contributed by atoms with Crippen LogP contribution in [0, 0.1) is 0 Å². The minimum Gasteiger partial charge on any atom is -0.321 e. The normalized spacial score (nSPS) is 11.3. The molecule has 0 radical (unpaired) electrons. The lowest BCUT2D eigenvalue weighted by Gasteiger charge is -2.13. The predicted molar refractivity (Wildman–Crippen MR) is 130 cm³/mol. The van der Waals surface area contributed by atoms with E-state index in [2.05, 4.69) is 36.8 Å². The zero-order valence-electron chi connectivity index (χ0n) is 15.5. The van der Waals surface area contributed by atoms with Crippen molar-refractivity contribution in [2.24, 2.45) is 0 Å². The van der Waals surface area contributed by atoms with Crippen LogP contribution in [0.25, 0.3) is 28.1 Å². The van der Waals surface area contributed by atoms with Gasteiger partial charge in [0.15, 0.2) is 5.78 Å². The van der Waals surface area contributed by atoms with E-state index in [1.54, 1.807) is 18.2 Å². The third kappa shape index (κ3) is 4.19. The van der Waals surface area contributed by atoms with E-state index in [-0.39, 0.29) is 5.56 Å². The molecule has 3 aromatic carbocycles. The first-order valence-corrected chi connectivity index (χ1v) is 11.0. The van der Waals surface area contributed by atoms with Crippen molar-refractivity contribution in [1.82, 2.24) is 4.98 Å². The summed E-state index contributed by atoms with van der Waals surface area (Å²) in [5, 5.41) is 1.20. The Bertz CT molecular complexity index is 1360. The molecular weight excluding hydrogens is 530 g/mol. The lowest BCUT2D eigenvalue weighted by atomic mass is 9.93. The van der Waals surface area contributed by atoms with Gasteiger partial charge < -0.3 is 4.98 Å². The molecule has 0 aliphatic carbocycles. The second-order valence-corrected chi connectivity index (χ2v) is 8.86. The molecule has 0 atom stereocenters. The first-order valence-electron chi connectivity index (χ1n) is 9.02. The highest BCUT2D eigenvalue weighted by Gasteiger charge is 2.21. The van der Waals surface area contributed by atoms with Crippen molar-refractivity contribution < 1.29 is 4.79 Å². The predicted octanol–water partition coefficient (Wildman–Crippen LogP) is 7.27. The van der Waals surface area contributed by atoms with E-state index >= 15 is 0 Å². The zero-order valence-corrected chi connectivity index (χ0v) is 19.4. The number of benzene rings is 3. The number of pyridine rings is 1. The van der Waals surface area contributed by atoms with Crippen LogP contribution in [0.3, 0.4) is 0 Å². The number of hydrogen-bond donors (Lipinski definition) is 1. The van der Waals surface area contributed by atoms with Crippen molar-refractivity contribution in [2.75, 3.05) is 0 Å². The van der Waals surface area contributed by atoms with Crippen LogP contribution in [-0.2, 0) is 0 Å². The number of ketones is 1. The van der Waals surface area contributed by atoms with E-state index < -0.39 is 11.3 Å². The van der Waals surface area contributed by atoms with Crippen LogP contribution in [0.2, 0.25) is 5.02 Å². The standard InChI is InChI=1S/C24H14Br2ClNO2/c25-15-8-5-14(6-9-15)7-12-21(29)23-22(17-3-1-2-4-19(17)27)18-13-16(26)10-11-20(18)28-24(23)30/h1-13H,(H,28,30). The van der Waals surface area contributed by atoms with Gasteiger partial charge in [0.1, 0.15) is 0 Å². The van der Waals surface area contributed by atoms with E-state index in [4.69, 9.17) is 11.6 Å². The molecule has 148 valence electrons. The molecular formula is C24H14Br2ClNO2. The molecule has 0 aliphatic heterocycles. The first-order chi connectivity index (χ1) is 14.4. The van der Waals surface area contributed by atoms with Gasteiger partial charge >= 0.3 is 0 Å². The van der Waals surface area contributed by atoms with Gasteiger partial charge in [0.25, 0.3) is 5.56 Å². The fourth-order valence-corrected chi connectivity index (χ4v) is 4.13. The van der Waals surface area contributed by atoms with Crippen LogP contribution in [0.1, 0.15) is 15.9 Å². The van der Waals surface area contributed by atoms with Crippen LogP contribution in [-0.4, -0.2) is 10.8 Å². The van der Waals surface area contributed by atoms with Crippen LogP contribution in [0.4, 0.5) is 0 Å². The maximum atomic E-state index is 13.2. The number of aromatic nitrogens is 1. The highest BCUT2D eigenvalue weighted by molar-refractivity contribution is 9.10. The molecule has 1 aromatic heterocycles. The number of rotatable bonds is 4. The molecule has 0 amide bonds. The van der Waals surface area contributed by atoms with Crippen molar-refractivity contribution in [3.63, 3.8) is 0 Å². The maximum Gasteiger partial charge on any atom is 0.260 e. The summed E-state index contributed by atoms with van der Waals surface area (Å²) in [5.74, 6) is -0.393. The summed E-state index contributed by atoms with van der Waals surface area (Å²) >= 11 is 13.3. The summed E-state index contributed by atoms with van der Waals surface area (Å²) in [6.45, 7) is 0. The van der Waals surface area contributed by atoms with Crippen LogP contribution in [0.15, 0.2) is 86.5 Å². The number of hydrogen-bond acceptors (Lipinski definition) is 2. The fraction of sp³-hybridized carbons (Fsp3) is 0. The van der Waals surface area contributed by atoms with Gasteiger partial charge in [0.2, 0.25) is 0 Å². The third-order valence-corrected chi connectivity index (χ3v) is 6.01. The van der Waals surface area contributed by atoms with Gasteiger partial charge in [-0.15, -0.1) is 0 Å². The molecule has 0 bridgehead atoms. The molecule has 0 unspecified atom stereocenters. The number of H-pyrrole nitrogens is 1. The smallest absolute Gasteiger partial charge is 0.260 e. The average Bonchev–Trinajstić information content (AvgIpc) is 2.73. The molecule has 0 saturated carbocycles. The van der Waals surface area contributed by atoms with E-state index in [1.807, 2.05) is 54.6 Å². The van der Waals surface area contributed by atoms with E-state index in [0.717, 1.165) is 19.9 Å². The monoisotopic (exact) mass is 541 g/mol. The van der Waals surface area contributed by atoms with E-state index in [1.165, 1.54) is 6.08 Å². The molecule has 4 aromatic rings.